The van der Waals surface area contributed by atoms with Gasteiger partial charge in [-0.2, -0.15) is 8.42 Å². The first-order valence-corrected chi connectivity index (χ1v) is 11.1. The number of fused-ring (bicyclic) bond motifs is 5. The minimum Gasteiger partial charge on any atom is -0.393 e. The Bertz CT molecular complexity index is 867. The summed E-state index contributed by atoms with van der Waals surface area (Å²) in [6.07, 6.45) is 5.87. The monoisotopic (exact) mass is 393 g/mol. The van der Waals surface area contributed by atoms with Crippen molar-refractivity contribution in [1.82, 2.24) is 4.72 Å². The summed E-state index contributed by atoms with van der Waals surface area (Å²) in [7, 11) is -4.14. The van der Waals surface area contributed by atoms with E-state index >= 15 is 0 Å². The molecule has 0 spiro atoms. The van der Waals surface area contributed by atoms with E-state index in [2.05, 4.69) is 6.92 Å². The number of rotatable bonds is 3. The summed E-state index contributed by atoms with van der Waals surface area (Å²) < 4.78 is 30.5. The number of nitrogens with one attached hydrogen (secondary N) is 1. The molecule has 5 atom stereocenters. The maximum atomic E-state index is 11.8. The van der Waals surface area contributed by atoms with Gasteiger partial charge in [0.25, 0.3) is 0 Å². The van der Waals surface area contributed by atoms with Gasteiger partial charge in [-0.15, -0.1) is 0 Å². The van der Waals surface area contributed by atoms with Gasteiger partial charge in [0.15, 0.2) is 0 Å². The average molecular weight is 394 g/mol. The van der Waals surface area contributed by atoms with Gasteiger partial charge in [-0.25, -0.2) is 4.72 Å². The SMILES string of the molecule is CC(=O)NS(=O)(=O)Oc1ccc2c(c1)CC[C@@H]1[C@@H]2CC[C@]2(C)[C@@H](O)CC[C@@H]12. The summed E-state index contributed by atoms with van der Waals surface area (Å²) in [6.45, 7) is 3.38. The van der Waals surface area contributed by atoms with Gasteiger partial charge in [0.1, 0.15) is 5.75 Å². The molecule has 6 nitrogen and oxygen atoms in total. The third-order valence-electron chi connectivity index (χ3n) is 7.12. The smallest absolute Gasteiger partial charge is 0.393 e. The van der Waals surface area contributed by atoms with Crippen molar-refractivity contribution in [2.24, 2.45) is 17.3 Å². The van der Waals surface area contributed by atoms with E-state index in [-0.39, 0.29) is 17.3 Å². The lowest BCUT2D eigenvalue weighted by molar-refractivity contribution is -0.117. The zero-order valence-corrected chi connectivity index (χ0v) is 16.6. The first-order chi connectivity index (χ1) is 12.7. The van der Waals surface area contributed by atoms with Gasteiger partial charge in [0.2, 0.25) is 5.91 Å². The highest BCUT2D eigenvalue weighted by molar-refractivity contribution is 7.85. The molecule has 0 unspecified atom stereocenters. The molecule has 0 heterocycles. The van der Waals surface area contributed by atoms with Gasteiger partial charge in [0.05, 0.1) is 6.10 Å². The average Bonchev–Trinajstić information content (AvgIpc) is 2.88. The van der Waals surface area contributed by atoms with Gasteiger partial charge in [0, 0.05) is 6.92 Å². The predicted molar refractivity (Wildman–Crippen MR) is 100 cm³/mol. The molecule has 0 bridgehead atoms. The Hall–Kier alpha value is -1.60. The Morgan fingerprint density at radius 3 is 2.78 bits per heavy atom. The number of benzene rings is 1. The first kappa shape index (κ1) is 18.7. The Balaban J connectivity index is 1.57. The number of aliphatic hydroxyl groups is 1. The third kappa shape index (κ3) is 3.25. The van der Waals surface area contributed by atoms with Crippen LogP contribution in [0, 0.1) is 17.3 Å². The van der Waals surface area contributed by atoms with Crippen LogP contribution in [0.15, 0.2) is 18.2 Å². The molecule has 3 aliphatic rings. The predicted octanol–water partition coefficient (Wildman–Crippen LogP) is 2.66. The van der Waals surface area contributed by atoms with Crippen LogP contribution >= 0.6 is 0 Å². The summed E-state index contributed by atoms with van der Waals surface area (Å²) in [5.74, 6) is 1.18. The third-order valence-corrected chi connectivity index (χ3v) is 8.07. The Kier molecular flexibility index (Phi) is 4.50. The molecular weight excluding hydrogens is 366 g/mol. The van der Waals surface area contributed by atoms with Gasteiger partial charge < -0.3 is 9.29 Å². The number of aliphatic hydroxyl groups excluding tert-OH is 1. The number of aryl methyl sites for hydroxylation is 1. The summed E-state index contributed by atoms with van der Waals surface area (Å²) in [5.41, 5.74) is 2.47. The van der Waals surface area contributed by atoms with Crippen LogP contribution in [0.4, 0.5) is 0 Å². The van der Waals surface area contributed by atoms with Crippen molar-refractivity contribution in [3.05, 3.63) is 29.3 Å². The van der Waals surface area contributed by atoms with Crippen molar-refractivity contribution >= 4 is 16.2 Å². The van der Waals surface area contributed by atoms with Crippen LogP contribution in [0.2, 0.25) is 0 Å². The lowest BCUT2D eigenvalue weighted by Crippen LogP contribution is -2.43. The van der Waals surface area contributed by atoms with Crippen LogP contribution in [-0.2, 0) is 21.5 Å². The van der Waals surface area contributed by atoms with Crippen LogP contribution in [-0.4, -0.2) is 25.5 Å². The van der Waals surface area contributed by atoms with E-state index in [1.807, 2.05) is 10.8 Å². The van der Waals surface area contributed by atoms with Crippen LogP contribution in [0.1, 0.15) is 63.0 Å². The Labute approximate surface area is 160 Å². The van der Waals surface area contributed by atoms with Gasteiger partial charge >= 0.3 is 10.3 Å². The molecule has 4 rings (SSSR count). The number of amides is 1. The number of hydrogen-bond donors (Lipinski definition) is 2. The fraction of sp³-hybridized carbons (Fsp3) is 0.650. The molecule has 3 aliphatic carbocycles. The van der Waals surface area contributed by atoms with E-state index in [1.54, 1.807) is 12.1 Å². The van der Waals surface area contributed by atoms with E-state index in [9.17, 15) is 18.3 Å². The second kappa shape index (κ2) is 6.48. The fourth-order valence-corrected chi connectivity index (χ4v) is 6.66. The molecule has 0 aliphatic heterocycles. The van der Waals surface area contributed by atoms with E-state index in [0.717, 1.165) is 51.0 Å². The second-order valence-corrected chi connectivity index (χ2v) is 9.89. The minimum atomic E-state index is -4.14. The molecule has 2 saturated carbocycles. The molecule has 2 N–H and O–H groups in total. The maximum Gasteiger partial charge on any atom is 0.409 e. The van der Waals surface area contributed by atoms with Crippen LogP contribution in [0.5, 0.6) is 5.75 Å². The standard InChI is InChI=1S/C20H27NO5S/c1-12(22)21-27(24,25)26-14-4-6-15-13(11-14)3-5-17-16(15)9-10-20(2)18(17)7-8-19(20)23/h4,6,11,16-19,23H,3,5,7-10H2,1-2H3,(H,21,22)/t16-,17-,18+,19+,20+/m1/s1. The first-order valence-electron chi connectivity index (χ1n) is 9.73. The van der Waals surface area contributed by atoms with E-state index in [0.29, 0.717) is 17.8 Å². The molecule has 0 saturated heterocycles. The molecule has 1 aromatic rings. The second-order valence-electron chi connectivity index (χ2n) is 8.61. The van der Waals surface area contributed by atoms with E-state index < -0.39 is 16.2 Å². The lowest BCUT2D eigenvalue weighted by Gasteiger charge is -2.50. The van der Waals surface area contributed by atoms with E-state index in [4.69, 9.17) is 4.18 Å². The van der Waals surface area contributed by atoms with Gasteiger partial charge in [-0.1, -0.05) is 13.0 Å². The maximum absolute atomic E-state index is 11.8. The lowest BCUT2D eigenvalue weighted by atomic mass is 9.55. The molecule has 7 heteroatoms. The summed E-state index contributed by atoms with van der Waals surface area (Å²) >= 11 is 0. The molecule has 0 radical (unpaired) electrons. The van der Waals surface area contributed by atoms with Crippen molar-refractivity contribution in [2.75, 3.05) is 0 Å². The van der Waals surface area contributed by atoms with Crippen LogP contribution in [0.25, 0.3) is 0 Å². The van der Waals surface area contributed by atoms with Crippen molar-refractivity contribution in [1.29, 1.82) is 0 Å². The van der Waals surface area contributed by atoms with Crippen molar-refractivity contribution in [3.8, 4) is 5.75 Å². The van der Waals surface area contributed by atoms with Gasteiger partial charge in [-0.05, 0) is 85.0 Å². The zero-order valence-electron chi connectivity index (χ0n) is 15.8. The Morgan fingerprint density at radius 2 is 2.04 bits per heavy atom. The molecule has 1 amide bonds. The van der Waals surface area contributed by atoms with Crippen molar-refractivity contribution < 1.29 is 22.5 Å². The molecule has 0 aromatic heterocycles. The largest absolute Gasteiger partial charge is 0.409 e. The summed E-state index contributed by atoms with van der Waals surface area (Å²) in [6, 6.07) is 5.46. The minimum absolute atomic E-state index is 0.0498. The highest BCUT2D eigenvalue weighted by Crippen LogP contribution is 2.60. The quantitative estimate of drug-likeness (QED) is 0.824. The summed E-state index contributed by atoms with van der Waals surface area (Å²) in [4.78, 5) is 11.0. The number of carbonyl (C=O) groups is 1. The molecule has 2 fully saturated rings. The number of hydrogen-bond acceptors (Lipinski definition) is 5. The summed E-state index contributed by atoms with van der Waals surface area (Å²) in [5, 5.41) is 10.5. The van der Waals surface area contributed by atoms with Crippen LogP contribution in [0.3, 0.4) is 0 Å². The molecule has 27 heavy (non-hydrogen) atoms. The normalized spacial score (nSPS) is 34.9. The van der Waals surface area contributed by atoms with Crippen molar-refractivity contribution in [2.45, 2.75) is 64.4 Å². The fourth-order valence-electron chi connectivity index (χ4n) is 5.91. The molecular formula is C20H27NO5S. The molecule has 148 valence electrons. The highest BCUT2D eigenvalue weighted by Gasteiger charge is 2.54. The zero-order chi connectivity index (χ0) is 19.4. The topological polar surface area (TPSA) is 92.7 Å². The highest BCUT2D eigenvalue weighted by atomic mass is 32.2. The molecule has 1 aromatic carbocycles. The number of carbonyl (C=O) groups excluding carboxylic acids is 1. The van der Waals surface area contributed by atoms with E-state index in [1.165, 1.54) is 5.56 Å². The van der Waals surface area contributed by atoms with Crippen LogP contribution < -0.4 is 8.91 Å². The van der Waals surface area contributed by atoms with Crippen molar-refractivity contribution in [3.63, 3.8) is 0 Å². The van der Waals surface area contributed by atoms with Gasteiger partial charge in [-0.3, -0.25) is 4.79 Å². The Morgan fingerprint density at radius 1 is 1.26 bits per heavy atom.